The van der Waals surface area contributed by atoms with Crippen molar-refractivity contribution in [2.24, 2.45) is 5.41 Å². The minimum atomic E-state index is -1.16. The van der Waals surface area contributed by atoms with Crippen LogP contribution in [0.1, 0.15) is 30.1 Å². The zero-order valence-electron chi connectivity index (χ0n) is 12.0. The molecular formula is C16H19NO4. The topological polar surface area (TPSA) is 66.8 Å². The van der Waals surface area contributed by atoms with Crippen molar-refractivity contribution < 1.29 is 19.4 Å². The quantitative estimate of drug-likeness (QED) is 0.861. The molecule has 112 valence electrons. The van der Waals surface area contributed by atoms with Gasteiger partial charge in [0.05, 0.1) is 13.2 Å². The highest BCUT2D eigenvalue weighted by Crippen LogP contribution is 2.48. The van der Waals surface area contributed by atoms with Gasteiger partial charge in [0.1, 0.15) is 11.5 Å². The molecule has 1 aliphatic carbocycles. The van der Waals surface area contributed by atoms with Gasteiger partial charge in [0.25, 0.3) is 0 Å². The highest BCUT2D eigenvalue weighted by molar-refractivity contribution is 6.04. The Hall–Kier alpha value is -1.88. The number of hydrogen-bond donors (Lipinski definition) is 1. The fourth-order valence-corrected chi connectivity index (χ4v) is 2.92. The van der Waals surface area contributed by atoms with E-state index in [0.717, 1.165) is 11.1 Å². The molecule has 0 radical (unpaired) electrons. The third-order valence-electron chi connectivity index (χ3n) is 4.46. The molecular weight excluding hydrogens is 270 g/mol. The van der Waals surface area contributed by atoms with Gasteiger partial charge in [-0.25, -0.2) is 0 Å². The van der Waals surface area contributed by atoms with Crippen LogP contribution in [-0.4, -0.2) is 41.6 Å². The van der Waals surface area contributed by atoms with Crippen molar-refractivity contribution in [3.05, 3.63) is 35.4 Å². The van der Waals surface area contributed by atoms with Gasteiger partial charge in [0, 0.05) is 6.54 Å². The second-order valence-corrected chi connectivity index (χ2v) is 5.85. The predicted octanol–water partition coefficient (Wildman–Crippen LogP) is 1.76. The third-order valence-corrected chi connectivity index (χ3v) is 4.46. The summed E-state index contributed by atoms with van der Waals surface area (Å²) in [6, 6.07) is 7.93. The van der Waals surface area contributed by atoms with Crippen LogP contribution in [0.25, 0.3) is 0 Å². The van der Waals surface area contributed by atoms with Crippen molar-refractivity contribution in [3.63, 3.8) is 0 Å². The van der Waals surface area contributed by atoms with E-state index >= 15 is 0 Å². The number of aliphatic carboxylic acids is 1. The van der Waals surface area contributed by atoms with Crippen LogP contribution < -0.4 is 0 Å². The standard InChI is InChI=1S/C16H19NO4/c1-11-4-2-3-5-12(11)13-10-17(8-9-21-13)14(18)16(6-7-16)15(19)20/h2-5,13H,6-10H2,1H3,(H,19,20). The van der Waals surface area contributed by atoms with Gasteiger partial charge in [-0.05, 0) is 30.9 Å². The van der Waals surface area contributed by atoms with E-state index in [9.17, 15) is 14.7 Å². The zero-order valence-corrected chi connectivity index (χ0v) is 12.0. The number of carboxylic acids is 1. The Morgan fingerprint density at radius 3 is 2.67 bits per heavy atom. The van der Waals surface area contributed by atoms with Crippen LogP contribution in [0.5, 0.6) is 0 Å². The molecule has 5 heteroatoms. The number of amides is 1. The highest BCUT2D eigenvalue weighted by atomic mass is 16.5. The number of morpholine rings is 1. The van der Waals surface area contributed by atoms with E-state index in [0.29, 0.717) is 32.5 Å². The first-order valence-electron chi connectivity index (χ1n) is 7.24. The number of carbonyl (C=O) groups is 2. The molecule has 3 rings (SSSR count). The minimum absolute atomic E-state index is 0.173. The van der Waals surface area contributed by atoms with Gasteiger partial charge < -0.3 is 14.7 Å². The Kier molecular flexibility index (Phi) is 3.45. The van der Waals surface area contributed by atoms with E-state index in [1.165, 1.54) is 0 Å². The van der Waals surface area contributed by atoms with Gasteiger partial charge in [0.15, 0.2) is 0 Å². The zero-order chi connectivity index (χ0) is 15.0. The molecule has 21 heavy (non-hydrogen) atoms. The van der Waals surface area contributed by atoms with Crippen LogP contribution in [0.15, 0.2) is 24.3 Å². The molecule has 1 saturated carbocycles. The average Bonchev–Trinajstić information content (AvgIpc) is 3.29. The van der Waals surface area contributed by atoms with E-state index in [4.69, 9.17) is 4.74 Å². The summed E-state index contributed by atoms with van der Waals surface area (Å²) in [6.45, 7) is 3.36. The first-order valence-corrected chi connectivity index (χ1v) is 7.24. The lowest BCUT2D eigenvalue weighted by atomic mass is 10.0. The molecule has 1 unspecified atom stereocenters. The van der Waals surface area contributed by atoms with Crippen molar-refractivity contribution in [1.29, 1.82) is 0 Å². The van der Waals surface area contributed by atoms with Gasteiger partial charge in [-0.3, -0.25) is 9.59 Å². The maximum absolute atomic E-state index is 12.5. The molecule has 1 N–H and O–H groups in total. The lowest BCUT2D eigenvalue weighted by Gasteiger charge is -2.35. The van der Waals surface area contributed by atoms with Gasteiger partial charge >= 0.3 is 5.97 Å². The molecule has 0 bridgehead atoms. The number of benzene rings is 1. The molecule has 1 aromatic rings. The molecule has 0 aromatic heterocycles. The summed E-state index contributed by atoms with van der Waals surface area (Å²) in [7, 11) is 0. The number of carboxylic acid groups (broad SMARTS) is 1. The summed E-state index contributed by atoms with van der Waals surface area (Å²) >= 11 is 0. The maximum Gasteiger partial charge on any atom is 0.319 e. The summed E-state index contributed by atoms with van der Waals surface area (Å²) in [6.07, 6.45) is 0.731. The van der Waals surface area contributed by atoms with Crippen LogP contribution in [0.4, 0.5) is 0 Å². The van der Waals surface area contributed by atoms with Gasteiger partial charge in [0.2, 0.25) is 5.91 Å². The minimum Gasteiger partial charge on any atom is -0.480 e. The molecule has 1 aliphatic heterocycles. The molecule has 0 spiro atoms. The second kappa shape index (κ2) is 5.15. The van der Waals surface area contributed by atoms with Gasteiger partial charge in [-0.15, -0.1) is 0 Å². The van der Waals surface area contributed by atoms with Crippen molar-refractivity contribution in [2.45, 2.75) is 25.9 Å². The molecule has 5 nitrogen and oxygen atoms in total. The summed E-state index contributed by atoms with van der Waals surface area (Å²) in [5.41, 5.74) is 1.03. The number of rotatable bonds is 3. The first-order chi connectivity index (χ1) is 10.0. The fraction of sp³-hybridized carbons (Fsp3) is 0.500. The van der Waals surface area contributed by atoms with Gasteiger partial charge in [-0.2, -0.15) is 0 Å². The van der Waals surface area contributed by atoms with Crippen LogP contribution in [-0.2, 0) is 14.3 Å². The lowest BCUT2D eigenvalue weighted by molar-refractivity contribution is -0.157. The lowest BCUT2D eigenvalue weighted by Crippen LogP contribution is -2.47. The van der Waals surface area contributed by atoms with E-state index in [1.54, 1.807) is 4.90 Å². The number of ether oxygens (including phenoxy) is 1. The molecule has 1 heterocycles. The fourth-order valence-electron chi connectivity index (χ4n) is 2.92. The number of aryl methyl sites for hydroxylation is 1. The third kappa shape index (κ3) is 2.42. The first kappa shape index (κ1) is 14.1. The van der Waals surface area contributed by atoms with Crippen molar-refractivity contribution in [2.75, 3.05) is 19.7 Å². The normalized spacial score (nSPS) is 23.7. The largest absolute Gasteiger partial charge is 0.480 e. The maximum atomic E-state index is 12.5. The predicted molar refractivity (Wildman–Crippen MR) is 75.8 cm³/mol. The van der Waals surface area contributed by atoms with Crippen LogP contribution >= 0.6 is 0 Å². The monoisotopic (exact) mass is 289 g/mol. The molecule has 2 fully saturated rings. The number of carbonyl (C=O) groups excluding carboxylic acids is 1. The van der Waals surface area contributed by atoms with Gasteiger partial charge in [-0.1, -0.05) is 24.3 Å². The van der Waals surface area contributed by atoms with E-state index < -0.39 is 11.4 Å². The summed E-state index contributed by atoms with van der Waals surface area (Å²) < 4.78 is 5.78. The van der Waals surface area contributed by atoms with Crippen molar-refractivity contribution in [3.8, 4) is 0 Å². The van der Waals surface area contributed by atoms with Crippen molar-refractivity contribution in [1.82, 2.24) is 4.90 Å². The summed E-state index contributed by atoms with van der Waals surface area (Å²) in [4.78, 5) is 25.4. The number of nitrogens with zero attached hydrogens (tertiary/aromatic N) is 1. The Morgan fingerprint density at radius 2 is 2.05 bits per heavy atom. The molecule has 1 saturated heterocycles. The van der Waals surface area contributed by atoms with Crippen molar-refractivity contribution >= 4 is 11.9 Å². The highest BCUT2D eigenvalue weighted by Gasteiger charge is 2.58. The van der Waals surface area contributed by atoms with E-state index in [-0.39, 0.29) is 12.0 Å². The Morgan fingerprint density at radius 1 is 1.33 bits per heavy atom. The van der Waals surface area contributed by atoms with E-state index in [1.807, 2.05) is 31.2 Å². The number of hydrogen-bond acceptors (Lipinski definition) is 3. The Labute approximate surface area is 123 Å². The summed E-state index contributed by atoms with van der Waals surface area (Å²) in [5.74, 6) is -1.25. The van der Waals surface area contributed by atoms with Crippen LogP contribution in [0.3, 0.4) is 0 Å². The Bertz CT molecular complexity index is 579. The summed E-state index contributed by atoms with van der Waals surface area (Å²) in [5, 5.41) is 9.25. The van der Waals surface area contributed by atoms with Crippen LogP contribution in [0, 0.1) is 12.3 Å². The molecule has 1 atom stereocenters. The SMILES string of the molecule is Cc1ccccc1C1CN(C(=O)C2(C(=O)O)CC2)CCO1. The Balaban J connectivity index is 1.76. The molecule has 2 aliphatic rings. The second-order valence-electron chi connectivity index (χ2n) is 5.85. The van der Waals surface area contributed by atoms with Crippen LogP contribution in [0.2, 0.25) is 0 Å². The van der Waals surface area contributed by atoms with E-state index in [2.05, 4.69) is 0 Å². The molecule has 1 amide bonds. The molecule has 1 aromatic carbocycles. The average molecular weight is 289 g/mol. The smallest absolute Gasteiger partial charge is 0.319 e.